The van der Waals surface area contributed by atoms with Gasteiger partial charge in [0, 0.05) is 17.1 Å². The summed E-state index contributed by atoms with van der Waals surface area (Å²) in [6, 6.07) is 18.6. The Morgan fingerprint density at radius 2 is 1.55 bits per heavy atom. The minimum atomic E-state index is -3.84. The van der Waals surface area contributed by atoms with E-state index in [4.69, 9.17) is 23.2 Å². The van der Waals surface area contributed by atoms with Gasteiger partial charge in [-0.25, -0.2) is 8.42 Å². The Labute approximate surface area is 192 Å². The third kappa shape index (κ3) is 6.47. The van der Waals surface area contributed by atoms with Gasteiger partial charge in [0.05, 0.1) is 15.6 Å². The lowest BCUT2D eigenvalue weighted by Crippen LogP contribution is -2.14. The predicted octanol–water partition coefficient (Wildman–Crippen LogP) is 5.93. The summed E-state index contributed by atoms with van der Waals surface area (Å²) in [6.07, 6.45) is 1.95. The fraction of sp³-hybridized carbons (Fsp3) is 0.174. The molecule has 0 fully saturated rings. The van der Waals surface area contributed by atoms with Crippen LogP contribution in [0.15, 0.2) is 71.6 Å². The van der Waals surface area contributed by atoms with Crippen LogP contribution in [0.4, 0.5) is 11.4 Å². The van der Waals surface area contributed by atoms with Crippen molar-refractivity contribution in [1.29, 1.82) is 0 Å². The summed E-state index contributed by atoms with van der Waals surface area (Å²) in [6.45, 7) is 2.10. The van der Waals surface area contributed by atoms with Crippen molar-refractivity contribution < 1.29 is 13.2 Å². The molecule has 8 heteroatoms. The van der Waals surface area contributed by atoms with E-state index < -0.39 is 10.0 Å². The number of sulfonamides is 1. The molecule has 0 bridgehead atoms. The average Bonchev–Trinajstić information content (AvgIpc) is 2.75. The molecule has 162 valence electrons. The molecule has 2 N–H and O–H groups in total. The summed E-state index contributed by atoms with van der Waals surface area (Å²) in [5, 5.41) is 3.40. The molecule has 0 saturated heterocycles. The highest BCUT2D eigenvalue weighted by Gasteiger charge is 2.16. The van der Waals surface area contributed by atoms with Gasteiger partial charge in [-0.15, -0.1) is 0 Å². The van der Waals surface area contributed by atoms with Crippen LogP contribution < -0.4 is 10.0 Å². The van der Waals surface area contributed by atoms with Crippen LogP contribution in [0.1, 0.15) is 24.5 Å². The Morgan fingerprint density at radius 3 is 2.16 bits per heavy atom. The molecule has 0 unspecified atom stereocenters. The molecular weight excluding hydrogens is 455 g/mol. The quantitative estimate of drug-likeness (QED) is 0.423. The number of hydrogen-bond donors (Lipinski definition) is 2. The number of rotatable bonds is 8. The van der Waals surface area contributed by atoms with E-state index in [1.165, 1.54) is 29.8 Å². The van der Waals surface area contributed by atoms with Crippen molar-refractivity contribution in [2.45, 2.75) is 31.1 Å². The van der Waals surface area contributed by atoms with E-state index >= 15 is 0 Å². The van der Waals surface area contributed by atoms with Crippen LogP contribution in [0.3, 0.4) is 0 Å². The van der Waals surface area contributed by atoms with Crippen molar-refractivity contribution in [2.24, 2.45) is 0 Å². The monoisotopic (exact) mass is 476 g/mol. The number of anilines is 2. The van der Waals surface area contributed by atoms with Crippen molar-refractivity contribution >= 4 is 50.5 Å². The van der Waals surface area contributed by atoms with Crippen molar-refractivity contribution in [3.63, 3.8) is 0 Å². The number of aryl methyl sites for hydroxylation is 2. The first kappa shape index (κ1) is 23.1. The van der Waals surface area contributed by atoms with Gasteiger partial charge >= 0.3 is 0 Å². The number of benzene rings is 3. The topological polar surface area (TPSA) is 75.3 Å². The van der Waals surface area contributed by atoms with Gasteiger partial charge in [0.1, 0.15) is 0 Å². The zero-order valence-corrected chi connectivity index (χ0v) is 19.2. The van der Waals surface area contributed by atoms with E-state index in [1.54, 1.807) is 18.2 Å². The first-order valence-corrected chi connectivity index (χ1v) is 12.0. The molecule has 0 aromatic heterocycles. The van der Waals surface area contributed by atoms with Crippen molar-refractivity contribution in [2.75, 3.05) is 10.0 Å². The van der Waals surface area contributed by atoms with Crippen molar-refractivity contribution in [3.8, 4) is 0 Å². The minimum absolute atomic E-state index is 0.0486. The molecule has 0 radical (unpaired) electrons. The number of carbonyl (C=O) groups excluding carboxylic acids is 1. The van der Waals surface area contributed by atoms with E-state index in [0.717, 1.165) is 12.0 Å². The van der Waals surface area contributed by atoms with Crippen molar-refractivity contribution in [1.82, 2.24) is 0 Å². The Hall–Kier alpha value is -2.54. The van der Waals surface area contributed by atoms with E-state index in [2.05, 4.69) is 29.1 Å². The van der Waals surface area contributed by atoms with Crippen LogP contribution >= 0.6 is 23.2 Å². The molecule has 1 amide bonds. The second-order valence-corrected chi connectivity index (χ2v) is 9.50. The maximum atomic E-state index is 12.6. The maximum Gasteiger partial charge on any atom is 0.261 e. The summed E-state index contributed by atoms with van der Waals surface area (Å²) < 4.78 is 27.6. The van der Waals surface area contributed by atoms with Crippen LogP contribution in [0, 0.1) is 0 Å². The molecule has 3 aromatic carbocycles. The predicted molar refractivity (Wildman–Crippen MR) is 126 cm³/mol. The molecule has 5 nitrogen and oxygen atoms in total. The summed E-state index contributed by atoms with van der Waals surface area (Å²) in [5.74, 6) is -0.138. The zero-order chi connectivity index (χ0) is 22.4. The first-order valence-electron chi connectivity index (χ1n) is 9.72. The maximum absolute atomic E-state index is 12.6. The molecular formula is C23H22Cl2N2O3S. The lowest BCUT2D eigenvalue weighted by atomic mass is 10.1. The number of hydrogen-bond acceptors (Lipinski definition) is 3. The van der Waals surface area contributed by atoms with Gasteiger partial charge in [-0.3, -0.25) is 9.52 Å². The van der Waals surface area contributed by atoms with Gasteiger partial charge in [-0.1, -0.05) is 54.4 Å². The minimum Gasteiger partial charge on any atom is -0.326 e. The van der Waals surface area contributed by atoms with E-state index in [9.17, 15) is 13.2 Å². The molecule has 0 heterocycles. The van der Waals surface area contributed by atoms with Gasteiger partial charge < -0.3 is 5.32 Å². The fourth-order valence-corrected chi connectivity index (χ4v) is 4.51. The number of nitrogens with one attached hydrogen (secondary N) is 2. The summed E-state index contributed by atoms with van der Waals surface area (Å²) in [4.78, 5) is 12.3. The average molecular weight is 477 g/mol. The number of carbonyl (C=O) groups is 1. The number of amides is 1. The molecule has 31 heavy (non-hydrogen) atoms. The second-order valence-electron chi connectivity index (χ2n) is 6.97. The van der Waals surface area contributed by atoms with Gasteiger partial charge in [-0.05, 0) is 66.4 Å². The molecule has 3 aromatic rings. The Morgan fingerprint density at radius 1 is 0.903 bits per heavy atom. The second kappa shape index (κ2) is 10.2. The fourth-order valence-electron chi connectivity index (χ4n) is 2.92. The molecule has 0 aliphatic rings. The normalized spacial score (nSPS) is 11.2. The van der Waals surface area contributed by atoms with Crippen LogP contribution in [0.2, 0.25) is 10.0 Å². The molecule has 0 atom stereocenters. The van der Waals surface area contributed by atoms with Gasteiger partial charge in [0.2, 0.25) is 5.91 Å². The Balaban J connectivity index is 1.59. The Kier molecular flexibility index (Phi) is 7.59. The first-order chi connectivity index (χ1) is 14.8. The van der Waals surface area contributed by atoms with Gasteiger partial charge in [-0.2, -0.15) is 0 Å². The summed E-state index contributed by atoms with van der Waals surface area (Å²) >= 11 is 11.9. The van der Waals surface area contributed by atoms with Crippen LogP contribution in [-0.2, 0) is 27.7 Å². The lowest BCUT2D eigenvalue weighted by Gasteiger charge is -2.11. The molecule has 0 aliphatic heterocycles. The zero-order valence-electron chi connectivity index (χ0n) is 16.9. The van der Waals surface area contributed by atoms with Crippen molar-refractivity contribution in [3.05, 3.63) is 87.9 Å². The summed E-state index contributed by atoms with van der Waals surface area (Å²) in [5.41, 5.74) is 3.11. The van der Waals surface area contributed by atoms with E-state index in [-0.39, 0.29) is 21.5 Å². The molecule has 0 spiro atoms. The number of halogens is 2. The molecule has 0 aliphatic carbocycles. The molecule has 3 rings (SSSR count). The highest BCUT2D eigenvalue weighted by atomic mass is 35.5. The van der Waals surface area contributed by atoms with Gasteiger partial charge in [0.15, 0.2) is 0 Å². The van der Waals surface area contributed by atoms with E-state index in [0.29, 0.717) is 23.6 Å². The SMILES string of the molecule is CCc1ccc(CCC(=O)Nc2ccc(S(=O)(=O)Nc3ccc(Cl)cc3Cl)cc2)cc1. The summed E-state index contributed by atoms with van der Waals surface area (Å²) in [7, 11) is -3.84. The molecule has 0 saturated carbocycles. The van der Waals surface area contributed by atoms with E-state index in [1.807, 2.05) is 12.1 Å². The van der Waals surface area contributed by atoms with Crippen LogP contribution in [0.25, 0.3) is 0 Å². The standard InChI is InChI=1S/C23H22Cl2N2O3S/c1-2-16-3-5-17(6-4-16)7-14-23(28)26-19-9-11-20(12-10-19)31(29,30)27-22-13-8-18(24)15-21(22)25/h3-6,8-13,15,27H,2,7,14H2,1H3,(H,26,28). The largest absolute Gasteiger partial charge is 0.326 e. The highest BCUT2D eigenvalue weighted by Crippen LogP contribution is 2.28. The lowest BCUT2D eigenvalue weighted by molar-refractivity contribution is -0.116. The van der Waals surface area contributed by atoms with Gasteiger partial charge in [0.25, 0.3) is 10.0 Å². The Bertz CT molecular complexity index is 1160. The third-order valence-electron chi connectivity index (χ3n) is 4.70. The van der Waals surface area contributed by atoms with Crippen LogP contribution in [-0.4, -0.2) is 14.3 Å². The third-order valence-corrected chi connectivity index (χ3v) is 6.63. The highest BCUT2D eigenvalue weighted by molar-refractivity contribution is 7.92. The smallest absolute Gasteiger partial charge is 0.261 e. The van der Waals surface area contributed by atoms with Crippen LogP contribution in [0.5, 0.6) is 0 Å².